The van der Waals surface area contributed by atoms with Gasteiger partial charge in [0.1, 0.15) is 23.2 Å². The van der Waals surface area contributed by atoms with Gasteiger partial charge in [0.15, 0.2) is 5.84 Å². The van der Waals surface area contributed by atoms with Crippen LogP contribution in [0.2, 0.25) is 0 Å². The van der Waals surface area contributed by atoms with Gasteiger partial charge in [-0.3, -0.25) is 0 Å². The Labute approximate surface area is 307 Å². The average Bonchev–Trinajstić information content (AvgIpc) is 3.64. The second-order valence-electron chi connectivity index (χ2n) is 13.4. The summed E-state index contributed by atoms with van der Waals surface area (Å²) in [6.07, 6.45) is -0.399. The maximum Gasteiger partial charge on any atom is 0.159 e. The van der Waals surface area contributed by atoms with E-state index < -0.39 is 6.17 Å². The minimum atomic E-state index is -0.399. The normalized spacial score (nSPS) is 14.2. The average molecular weight is 680 g/mol. The molecule has 4 heteroatoms. The highest BCUT2D eigenvalue weighted by Crippen LogP contribution is 2.40. The predicted molar refractivity (Wildman–Crippen MR) is 219 cm³/mol. The zero-order valence-electron chi connectivity index (χ0n) is 28.8. The van der Waals surface area contributed by atoms with Gasteiger partial charge in [0, 0.05) is 27.5 Å². The first kappa shape index (κ1) is 30.8. The summed E-state index contributed by atoms with van der Waals surface area (Å²) in [4.78, 5) is 10.5. The quantitative estimate of drug-likeness (QED) is 0.190. The summed E-state index contributed by atoms with van der Waals surface area (Å²) >= 11 is 0. The van der Waals surface area contributed by atoms with Crippen molar-refractivity contribution < 1.29 is 4.42 Å². The van der Waals surface area contributed by atoms with Crippen molar-refractivity contribution in [1.29, 1.82) is 0 Å². The van der Waals surface area contributed by atoms with Crippen LogP contribution in [0, 0.1) is 0 Å². The van der Waals surface area contributed by atoms with Crippen LogP contribution in [0.4, 0.5) is 0 Å². The highest BCUT2D eigenvalue weighted by atomic mass is 16.3. The van der Waals surface area contributed by atoms with Gasteiger partial charge in [-0.05, 0) is 74.5 Å². The first-order valence-corrected chi connectivity index (χ1v) is 17.9. The molecule has 0 saturated heterocycles. The summed E-state index contributed by atoms with van der Waals surface area (Å²) in [6, 6.07) is 65.8. The van der Waals surface area contributed by atoms with Crippen molar-refractivity contribution in [2.75, 3.05) is 0 Å². The van der Waals surface area contributed by atoms with Crippen LogP contribution >= 0.6 is 0 Å². The van der Waals surface area contributed by atoms with Crippen molar-refractivity contribution in [3.63, 3.8) is 0 Å². The van der Waals surface area contributed by atoms with Crippen LogP contribution in [0.5, 0.6) is 0 Å². The van der Waals surface area contributed by atoms with E-state index in [0.717, 1.165) is 66.7 Å². The van der Waals surface area contributed by atoms with Crippen molar-refractivity contribution >= 4 is 44.4 Å². The van der Waals surface area contributed by atoms with Crippen molar-refractivity contribution in [2.24, 2.45) is 9.98 Å². The molecule has 250 valence electrons. The third-order valence-corrected chi connectivity index (χ3v) is 10.1. The first-order valence-electron chi connectivity index (χ1n) is 17.9. The summed E-state index contributed by atoms with van der Waals surface area (Å²) in [7, 11) is 0. The van der Waals surface area contributed by atoms with Crippen LogP contribution in [0.25, 0.3) is 66.1 Å². The molecule has 0 saturated carbocycles. The van der Waals surface area contributed by atoms with E-state index in [9.17, 15) is 0 Å². The number of hydrogen-bond acceptors (Lipinski definition) is 4. The Hall–Kier alpha value is -7.04. The Morgan fingerprint density at radius 2 is 1.08 bits per heavy atom. The van der Waals surface area contributed by atoms with Crippen molar-refractivity contribution in [2.45, 2.75) is 6.17 Å². The maximum absolute atomic E-state index is 6.63. The molecule has 0 radical (unpaired) electrons. The van der Waals surface area contributed by atoms with Gasteiger partial charge in [0.25, 0.3) is 0 Å². The standard InChI is InChI=1S/C49H33N3O/c1-4-15-33(16-5-1)39-27-26-38(31-43(39)37-25-24-32-14-10-11-21-36(32)30-37)48-50-47(35-19-8-3-9-20-35)51-49(52-48)42-29-28-40(34-17-6-2-7-18-34)46-45(42)41-22-12-13-23-44(41)53-46/h1-31,48H,(H,50,51,52). The maximum atomic E-state index is 6.63. The molecule has 1 atom stereocenters. The number of amidine groups is 2. The molecular formula is C49H33N3O. The summed E-state index contributed by atoms with van der Waals surface area (Å²) in [5.41, 5.74) is 11.4. The fraction of sp³-hybridized carbons (Fsp3) is 0.0204. The number of benzene rings is 8. The van der Waals surface area contributed by atoms with Crippen LogP contribution in [-0.4, -0.2) is 11.7 Å². The number of hydrogen-bond donors (Lipinski definition) is 1. The lowest BCUT2D eigenvalue weighted by Crippen LogP contribution is -2.33. The van der Waals surface area contributed by atoms with E-state index in [0.29, 0.717) is 5.84 Å². The zero-order valence-corrected chi connectivity index (χ0v) is 28.8. The fourth-order valence-electron chi connectivity index (χ4n) is 7.54. The second kappa shape index (κ2) is 12.9. The molecule has 1 aliphatic rings. The van der Waals surface area contributed by atoms with Crippen LogP contribution in [0.1, 0.15) is 22.9 Å². The Morgan fingerprint density at radius 3 is 1.85 bits per heavy atom. The van der Waals surface area contributed by atoms with E-state index in [-0.39, 0.29) is 0 Å². The van der Waals surface area contributed by atoms with Gasteiger partial charge < -0.3 is 9.73 Å². The number of fused-ring (bicyclic) bond motifs is 4. The fourth-order valence-corrected chi connectivity index (χ4v) is 7.54. The highest BCUT2D eigenvalue weighted by Gasteiger charge is 2.26. The number of rotatable bonds is 6. The molecule has 0 amide bonds. The summed E-state index contributed by atoms with van der Waals surface area (Å²) in [5, 5.41) is 8.28. The van der Waals surface area contributed by atoms with Crippen molar-refractivity contribution in [3.8, 4) is 33.4 Å². The molecule has 0 fully saturated rings. The molecule has 4 nitrogen and oxygen atoms in total. The second-order valence-corrected chi connectivity index (χ2v) is 13.4. The van der Waals surface area contributed by atoms with Crippen molar-refractivity contribution in [1.82, 2.24) is 5.32 Å². The van der Waals surface area contributed by atoms with Crippen LogP contribution in [0.3, 0.4) is 0 Å². The molecule has 1 unspecified atom stereocenters. The number of aliphatic imine (C=N–C) groups is 2. The van der Waals surface area contributed by atoms with Gasteiger partial charge in [0.2, 0.25) is 0 Å². The SMILES string of the molecule is c1ccc(C2=NC(c3ccc(-c4ccccc4)c(-c4ccc5ccccc5c4)c3)NC(c3ccc(-c4ccccc4)c4oc5ccccc5c34)=N2)cc1. The summed E-state index contributed by atoms with van der Waals surface area (Å²) in [6.45, 7) is 0. The molecule has 1 N–H and O–H groups in total. The van der Waals surface area contributed by atoms with E-state index in [4.69, 9.17) is 14.4 Å². The van der Waals surface area contributed by atoms with E-state index in [2.05, 4.69) is 157 Å². The van der Waals surface area contributed by atoms with Crippen LogP contribution < -0.4 is 5.32 Å². The predicted octanol–water partition coefficient (Wildman–Crippen LogP) is 12.2. The van der Waals surface area contributed by atoms with E-state index in [1.165, 1.54) is 21.9 Å². The third kappa shape index (κ3) is 5.58. The smallest absolute Gasteiger partial charge is 0.159 e. The van der Waals surface area contributed by atoms with Crippen molar-refractivity contribution in [3.05, 3.63) is 205 Å². The lowest BCUT2D eigenvalue weighted by atomic mass is 9.91. The third-order valence-electron chi connectivity index (χ3n) is 10.1. The molecule has 1 aromatic heterocycles. The summed E-state index contributed by atoms with van der Waals surface area (Å²) in [5.74, 6) is 1.43. The monoisotopic (exact) mass is 679 g/mol. The Kier molecular flexibility index (Phi) is 7.51. The van der Waals surface area contributed by atoms with Crippen LogP contribution in [-0.2, 0) is 0 Å². The molecule has 0 aliphatic carbocycles. The Balaban J connectivity index is 1.15. The van der Waals surface area contributed by atoms with Gasteiger partial charge in [-0.1, -0.05) is 158 Å². The van der Waals surface area contributed by atoms with E-state index >= 15 is 0 Å². The lowest BCUT2D eigenvalue weighted by Gasteiger charge is -2.25. The largest absolute Gasteiger partial charge is 0.455 e. The van der Waals surface area contributed by atoms with Gasteiger partial charge >= 0.3 is 0 Å². The molecule has 0 spiro atoms. The molecule has 1 aliphatic heterocycles. The zero-order chi connectivity index (χ0) is 35.1. The van der Waals surface area contributed by atoms with Crippen LogP contribution in [0.15, 0.2) is 202 Å². The molecule has 10 rings (SSSR count). The van der Waals surface area contributed by atoms with E-state index in [1.54, 1.807) is 0 Å². The number of para-hydroxylation sites is 1. The highest BCUT2D eigenvalue weighted by molar-refractivity contribution is 6.23. The summed E-state index contributed by atoms with van der Waals surface area (Å²) < 4.78 is 6.63. The van der Waals surface area contributed by atoms with E-state index in [1.807, 2.05) is 36.4 Å². The minimum Gasteiger partial charge on any atom is -0.455 e. The minimum absolute atomic E-state index is 0.399. The molecular weight excluding hydrogens is 647 g/mol. The van der Waals surface area contributed by atoms with Gasteiger partial charge in [0.05, 0.1) is 0 Å². The Bertz CT molecular complexity index is 2850. The Morgan fingerprint density at radius 1 is 0.453 bits per heavy atom. The number of nitrogens with one attached hydrogen (secondary N) is 1. The molecule has 53 heavy (non-hydrogen) atoms. The van der Waals surface area contributed by atoms with Gasteiger partial charge in [-0.25, -0.2) is 9.98 Å². The first-order chi connectivity index (χ1) is 26.3. The molecule has 0 bridgehead atoms. The molecule has 2 heterocycles. The molecule has 9 aromatic rings. The number of furan rings is 1. The topological polar surface area (TPSA) is 49.9 Å². The molecule has 8 aromatic carbocycles. The van der Waals surface area contributed by atoms with Gasteiger partial charge in [-0.15, -0.1) is 0 Å². The lowest BCUT2D eigenvalue weighted by molar-refractivity contribution is 0.668. The van der Waals surface area contributed by atoms with Gasteiger partial charge in [-0.2, -0.15) is 0 Å². The number of nitrogens with zero attached hydrogens (tertiary/aromatic N) is 2.